The Hall–Kier alpha value is -1.16. The van der Waals surface area contributed by atoms with Gasteiger partial charge in [0.15, 0.2) is 0 Å². The van der Waals surface area contributed by atoms with Crippen LogP contribution in [0.25, 0.3) is 0 Å². The smallest absolute Gasteiger partial charge is 0.230 e. The van der Waals surface area contributed by atoms with Crippen molar-refractivity contribution in [1.29, 1.82) is 0 Å². The van der Waals surface area contributed by atoms with Crippen LogP contribution in [0.15, 0.2) is 24.3 Å². The molecule has 1 atom stereocenters. The summed E-state index contributed by atoms with van der Waals surface area (Å²) in [4.78, 5) is 11.5. The van der Waals surface area contributed by atoms with Crippen molar-refractivity contribution in [3.05, 3.63) is 29.8 Å². The Morgan fingerprint density at radius 2 is 2.38 bits per heavy atom. The third-order valence-electron chi connectivity index (χ3n) is 2.57. The minimum atomic E-state index is 0.0919. The number of ether oxygens (including phenoxy) is 1. The highest BCUT2D eigenvalue weighted by Gasteiger charge is 2.21. The second-order valence-corrected chi connectivity index (χ2v) is 4.59. The van der Waals surface area contributed by atoms with E-state index >= 15 is 0 Å². The summed E-state index contributed by atoms with van der Waals surface area (Å²) in [7, 11) is 0. The molecular weight excluding hydrogens is 222 g/mol. The van der Waals surface area contributed by atoms with Crippen molar-refractivity contribution in [2.24, 2.45) is 0 Å². The third-order valence-corrected chi connectivity index (χ3v) is 3.12. The highest BCUT2D eigenvalue weighted by Crippen LogP contribution is 2.31. The second-order valence-electron chi connectivity index (χ2n) is 3.73. The van der Waals surface area contributed by atoms with E-state index < -0.39 is 0 Å². The number of hydrogen-bond acceptors (Lipinski definition) is 3. The maximum absolute atomic E-state index is 11.5. The zero-order valence-electron chi connectivity index (χ0n) is 9.23. The maximum Gasteiger partial charge on any atom is 0.230 e. The highest BCUT2D eigenvalue weighted by molar-refractivity contribution is 7.99. The van der Waals surface area contributed by atoms with Crippen LogP contribution in [-0.2, 0) is 4.79 Å². The van der Waals surface area contributed by atoms with Gasteiger partial charge in [-0.2, -0.15) is 11.8 Å². The highest BCUT2D eigenvalue weighted by atomic mass is 32.2. The number of amides is 1. The number of fused-ring (bicyclic) bond motifs is 1. The second kappa shape index (κ2) is 5.25. The SMILES string of the molecule is CSCC(=O)N[C@H]1CCOc2ccccc21. The standard InChI is InChI=1S/C12H15NO2S/c1-16-8-12(14)13-10-6-7-15-11-5-3-2-4-9(10)11/h2-5,10H,6-8H2,1H3,(H,13,14)/t10-/m0/s1. The summed E-state index contributed by atoms with van der Waals surface area (Å²) in [5, 5.41) is 3.04. The van der Waals surface area contributed by atoms with Crippen molar-refractivity contribution in [3.8, 4) is 5.75 Å². The summed E-state index contributed by atoms with van der Waals surface area (Å²) in [6.45, 7) is 0.668. The van der Waals surface area contributed by atoms with E-state index in [1.54, 1.807) is 0 Å². The molecule has 0 fully saturated rings. The monoisotopic (exact) mass is 237 g/mol. The van der Waals surface area contributed by atoms with Crippen molar-refractivity contribution in [2.75, 3.05) is 18.6 Å². The summed E-state index contributed by atoms with van der Waals surface area (Å²) >= 11 is 1.54. The zero-order valence-corrected chi connectivity index (χ0v) is 10.0. The van der Waals surface area contributed by atoms with Gasteiger partial charge in [0.05, 0.1) is 18.4 Å². The fourth-order valence-electron chi connectivity index (χ4n) is 1.86. The van der Waals surface area contributed by atoms with Gasteiger partial charge in [-0.25, -0.2) is 0 Å². The Kier molecular flexibility index (Phi) is 3.72. The molecule has 1 aliphatic heterocycles. The van der Waals surface area contributed by atoms with Gasteiger partial charge in [0, 0.05) is 12.0 Å². The average molecular weight is 237 g/mol. The van der Waals surface area contributed by atoms with Gasteiger partial charge in [-0.15, -0.1) is 0 Å². The molecule has 0 bridgehead atoms. The molecule has 1 aliphatic rings. The van der Waals surface area contributed by atoms with Crippen molar-refractivity contribution in [3.63, 3.8) is 0 Å². The molecule has 0 unspecified atom stereocenters. The first kappa shape index (κ1) is 11.3. The number of rotatable bonds is 3. The maximum atomic E-state index is 11.5. The van der Waals surface area contributed by atoms with Crippen LogP contribution in [0.3, 0.4) is 0 Å². The van der Waals surface area contributed by atoms with Crippen molar-refractivity contribution >= 4 is 17.7 Å². The molecule has 0 radical (unpaired) electrons. The summed E-state index contributed by atoms with van der Waals surface area (Å²) in [5.74, 6) is 1.50. The number of hydrogen-bond donors (Lipinski definition) is 1. The molecule has 0 spiro atoms. The fourth-order valence-corrected chi connectivity index (χ4v) is 2.20. The normalized spacial score (nSPS) is 18.4. The minimum absolute atomic E-state index is 0.0919. The first-order chi connectivity index (χ1) is 7.81. The molecule has 4 heteroatoms. The molecule has 0 saturated heterocycles. The fraction of sp³-hybridized carbons (Fsp3) is 0.417. The topological polar surface area (TPSA) is 38.3 Å². The van der Waals surface area contributed by atoms with Crippen LogP contribution in [0.5, 0.6) is 5.75 Å². The van der Waals surface area contributed by atoms with Crippen molar-refractivity contribution in [2.45, 2.75) is 12.5 Å². The first-order valence-electron chi connectivity index (χ1n) is 5.31. The van der Waals surface area contributed by atoms with Crippen molar-refractivity contribution < 1.29 is 9.53 Å². The van der Waals surface area contributed by atoms with Crippen LogP contribution in [0.2, 0.25) is 0 Å². The number of nitrogens with one attached hydrogen (secondary N) is 1. The van der Waals surface area contributed by atoms with Crippen LogP contribution in [0, 0.1) is 0 Å². The Morgan fingerprint density at radius 3 is 3.19 bits per heavy atom. The Bertz CT molecular complexity index is 381. The molecule has 1 heterocycles. The molecule has 1 amide bonds. The van der Waals surface area contributed by atoms with E-state index in [2.05, 4.69) is 5.32 Å². The van der Waals surface area contributed by atoms with E-state index in [0.29, 0.717) is 12.4 Å². The predicted molar refractivity (Wildman–Crippen MR) is 65.8 cm³/mol. The average Bonchev–Trinajstić information content (AvgIpc) is 2.30. The van der Waals surface area contributed by atoms with Gasteiger partial charge in [0.1, 0.15) is 5.75 Å². The largest absolute Gasteiger partial charge is 0.493 e. The molecule has 86 valence electrons. The van der Waals surface area contributed by atoms with E-state index in [1.807, 2.05) is 30.5 Å². The quantitative estimate of drug-likeness (QED) is 0.873. The van der Waals surface area contributed by atoms with Crippen LogP contribution in [0.4, 0.5) is 0 Å². The first-order valence-corrected chi connectivity index (χ1v) is 6.70. The number of para-hydroxylation sites is 1. The molecular formula is C12H15NO2S. The van der Waals surface area contributed by atoms with Gasteiger partial charge in [-0.3, -0.25) is 4.79 Å². The lowest BCUT2D eigenvalue weighted by molar-refractivity contribution is -0.119. The molecule has 2 rings (SSSR count). The lowest BCUT2D eigenvalue weighted by atomic mass is 10.0. The number of thioether (sulfide) groups is 1. The molecule has 16 heavy (non-hydrogen) atoms. The van der Waals surface area contributed by atoms with E-state index in [0.717, 1.165) is 17.7 Å². The Morgan fingerprint density at radius 1 is 1.56 bits per heavy atom. The third kappa shape index (κ3) is 2.50. The molecule has 1 aromatic rings. The Labute approximate surface area is 99.6 Å². The number of carbonyl (C=O) groups excluding carboxylic acids is 1. The lowest BCUT2D eigenvalue weighted by Gasteiger charge is -2.26. The molecule has 0 aliphatic carbocycles. The molecule has 1 aromatic carbocycles. The Balaban J connectivity index is 2.10. The molecule has 1 N–H and O–H groups in total. The van der Waals surface area contributed by atoms with Gasteiger partial charge in [-0.1, -0.05) is 18.2 Å². The van der Waals surface area contributed by atoms with Gasteiger partial charge >= 0.3 is 0 Å². The number of carbonyl (C=O) groups is 1. The summed E-state index contributed by atoms with van der Waals surface area (Å²) in [5.41, 5.74) is 1.09. The summed E-state index contributed by atoms with van der Waals surface area (Å²) < 4.78 is 5.54. The predicted octanol–water partition coefficient (Wildman–Crippen LogP) is 1.99. The van der Waals surface area contributed by atoms with Gasteiger partial charge in [0.25, 0.3) is 0 Å². The van der Waals surface area contributed by atoms with Crippen LogP contribution in [-0.4, -0.2) is 24.5 Å². The minimum Gasteiger partial charge on any atom is -0.493 e. The molecule has 0 aromatic heterocycles. The van der Waals surface area contributed by atoms with E-state index in [4.69, 9.17) is 4.74 Å². The van der Waals surface area contributed by atoms with Gasteiger partial charge < -0.3 is 10.1 Å². The van der Waals surface area contributed by atoms with Gasteiger partial charge in [0.2, 0.25) is 5.91 Å². The zero-order chi connectivity index (χ0) is 11.4. The molecule has 3 nitrogen and oxygen atoms in total. The van der Waals surface area contributed by atoms with Crippen LogP contribution < -0.4 is 10.1 Å². The van der Waals surface area contributed by atoms with Gasteiger partial charge in [-0.05, 0) is 12.3 Å². The summed E-state index contributed by atoms with van der Waals surface area (Å²) in [6, 6.07) is 7.98. The lowest BCUT2D eigenvalue weighted by Crippen LogP contribution is -2.33. The molecule has 0 saturated carbocycles. The van der Waals surface area contributed by atoms with E-state index in [9.17, 15) is 4.79 Å². The summed E-state index contributed by atoms with van der Waals surface area (Å²) in [6.07, 6.45) is 2.77. The van der Waals surface area contributed by atoms with Crippen molar-refractivity contribution in [1.82, 2.24) is 5.32 Å². The number of benzene rings is 1. The van der Waals surface area contributed by atoms with Crippen LogP contribution >= 0.6 is 11.8 Å². The van der Waals surface area contributed by atoms with Crippen LogP contribution in [0.1, 0.15) is 18.0 Å². The van der Waals surface area contributed by atoms with E-state index in [-0.39, 0.29) is 11.9 Å². The van der Waals surface area contributed by atoms with E-state index in [1.165, 1.54) is 11.8 Å².